The standard InChI is InChI=1S/C51H59N9O7S2/c61-60(62)50-35-45(15-17-48(50)54-41(18-19-56-24-29-65-30-25-56)37-68-44-7-2-1-3-8-44)69(63,64)55-51-47-16-12-42(34-49(47)52-38-53-51)59-22-20-58(21-23-59)36-40-6-4-5-9-46(40)39-10-13-43(14-11-39)67-33-28-57-26-31-66-32-27-57/h1-17,34-35,38,41,54H,18-33,36-37H2,(H,52,53,55). The summed E-state index contributed by atoms with van der Waals surface area (Å²) in [5.74, 6) is 1.62. The zero-order valence-electron chi connectivity index (χ0n) is 38.7. The van der Waals surface area contributed by atoms with Crippen LogP contribution in [-0.4, -0.2) is 148 Å². The first-order valence-electron chi connectivity index (χ1n) is 23.6. The van der Waals surface area contributed by atoms with E-state index in [2.05, 4.69) is 88.1 Å². The maximum atomic E-state index is 13.9. The molecule has 3 saturated heterocycles. The van der Waals surface area contributed by atoms with Crippen LogP contribution in [0.25, 0.3) is 22.0 Å². The maximum absolute atomic E-state index is 13.9. The van der Waals surface area contributed by atoms with E-state index >= 15 is 0 Å². The molecule has 0 spiro atoms. The van der Waals surface area contributed by atoms with E-state index in [0.29, 0.717) is 36.5 Å². The van der Waals surface area contributed by atoms with Crippen LogP contribution < -0.4 is 19.7 Å². The number of sulfonamides is 1. The van der Waals surface area contributed by atoms with Crippen molar-refractivity contribution in [1.82, 2.24) is 24.7 Å². The number of piperazine rings is 1. The predicted molar refractivity (Wildman–Crippen MR) is 272 cm³/mol. The second-order valence-electron chi connectivity index (χ2n) is 17.4. The van der Waals surface area contributed by atoms with Gasteiger partial charge < -0.3 is 24.4 Å². The monoisotopic (exact) mass is 973 g/mol. The summed E-state index contributed by atoms with van der Waals surface area (Å²) in [6.07, 6.45) is 2.06. The number of aromatic nitrogens is 2. The van der Waals surface area contributed by atoms with Crippen molar-refractivity contribution in [2.75, 3.05) is 119 Å². The molecule has 1 atom stereocenters. The molecule has 362 valence electrons. The molecule has 3 aliphatic rings. The molecule has 1 unspecified atom stereocenters. The van der Waals surface area contributed by atoms with Crippen LogP contribution in [0, 0.1) is 10.1 Å². The van der Waals surface area contributed by atoms with Crippen LogP contribution in [0.5, 0.6) is 5.75 Å². The molecule has 0 radical (unpaired) electrons. The van der Waals surface area contributed by atoms with Gasteiger partial charge in [-0.05, 0) is 77.7 Å². The number of morpholine rings is 2. The Balaban J connectivity index is 0.817. The van der Waals surface area contributed by atoms with Crippen LogP contribution in [0.4, 0.5) is 22.9 Å². The molecule has 0 amide bonds. The van der Waals surface area contributed by atoms with Gasteiger partial charge in [-0.25, -0.2) is 18.4 Å². The van der Waals surface area contributed by atoms with Crippen molar-refractivity contribution in [2.24, 2.45) is 0 Å². The molecular weight excluding hydrogens is 915 g/mol. The Hall–Kier alpha value is -5.86. The van der Waals surface area contributed by atoms with Gasteiger partial charge in [-0.2, -0.15) is 0 Å². The molecule has 5 aromatic carbocycles. The summed E-state index contributed by atoms with van der Waals surface area (Å²) in [7, 11) is -4.29. The molecular formula is C51H59N9O7S2. The van der Waals surface area contributed by atoms with Gasteiger partial charge in [0, 0.05) is 106 Å². The van der Waals surface area contributed by atoms with E-state index in [0.717, 1.165) is 120 Å². The van der Waals surface area contributed by atoms with E-state index in [1.807, 2.05) is 48.5 Å². The highest BCUT2D eigenvalue weighted by atomic mass is 32.2. The van der Waals surface area contributed by atoms with E-state index in [4.69, 9.17) is 14.2 Å². The number of anilines is 3. The summed E-state index contributed by atoms with van der Waals surface area (Å²) in [6, 6.07) is 36.5. The number of nitro groups is 1. The van der Waals surface area contributed by atoms with E-state index in [1.54, 1.807) is 11.8 Å². The molecule has 2 N–H and O–H groups in total. The van der Waals surface area contributed by atoms with Gasteiger partial charge in [0.2, 0.25) is 0 Å². The number of hydrogen-bond acceptors (Lipinski definition) is 15. The number of nitro benzene ring substituents is 1. The number of fused-ring (bicyclic) bond motifs is 1. The van der Waals surface area contributed by atoms with E-state index in [1.165, 1.54) is 29.6 Å². The molecule has 3 fully saturated rings. The Bertz CT molecular complexity index is 2750. The van der Waals surface area contributed by atoms with Gasteiger partial charge in [-0.3, -0.25) is 29.5 Å². The first-order chi connectivity index (χ1) is 33.7. The van der Waals surface area contributed by atoms with E-state index in [-0.39, 0.29) is 28.1 Å². The molecule has 4 heterocycles. The minimum atomic E-state index is -4.29. The second-order valence-corrected chi connectivity index (χ2v) is 20.2. The van der Waals surface area contributed by atoms with Crippen molar-refractivity contribution < 1.29 is 27.6 Å². The molecule has 0 aliphatic carbocycles. The van der Waals surface area contributed by atoms with Crippen LogP contribution in [-0.2, 0) is 26.0 Å². The summed E-state index contributed by atoms with van der Waals surface area (Å²) in [6.45, 7) is 13.0. The second kappa shape index (κ2) is 23.2. The van der Waals surface area contributed by atoms with Crippen molar-refractivity contribution in [2.45, 2.75) is 28.8 Å². The normalized spacial score (nSPS) is 16.8. The topological polar surface area (TPSA) is 168 Å². The largest absolute Gasteiger partial charge is 0.492 e. The third-order valence-corrected chi connectivity index (χ3v) is 15.4. The predicted octanol–water partition coefficient (Wildman–Crippen LogP) is 7.33. The summed E-state index contributed by atoms with van der Waals surface area (Å²) < 4.78 is 47.4. The van der Waals surface area contributed by atoms with Crippen molar-refractivity contribution >= 4 is 55.6 Å². The Morgan fingerprint density at radius 2 is 1.46 bits per heavy atom. The highest BCUT2D eigenvalue weighted by molar-refractivity contribution is 7.99. The summed E-state index contributed by atoms with van der Waals surface area (Å²) in [5.41, 5.74) is 5.12. The average molecular weight is 974 g/mol. The van der Waals surface area contributed by atoms with Gasteiger partial charge in [0.05, 0.1) is 41.8 Å². The lowest BCUT2D eigenvalue weighted by atomic mass is 9.99. The summed E-state index contributed by atoms with van der Waals surface area (Å²) in [5, 5.41) is 16.4. The highest BCUT2D eigenvalue weighted by Gasteiger charge is 2.26. The Labute approximate surface area is 408 Å². The van der Waals surface area contributed by atoms with Crippen molar-refractivity contribution in [3.63, 3.8) is 0 Å². The third kappa shape index (κ3) is 12.9. The Kier molecular flexibility index (Phi) is 16.2. The minimum Gasteiger partial charge on any atom is -0.492 e. The first-order valence-corrected chi connectivity index (χ1v) is 26.1. The third-order valence-electron chi connectivity index (χ3n) is 12.9. The fourth-order valence-corrected chi connectivity index (χ4v) is 11.0. The average Bonchev–Trinajstić information content (AvgIpc) is 3.38. The quantitative estimate of drug-likeness (QED) is 0.0443. The van der Waals surface area contributed by atoms with Crippen LogP contribution in [0.15, 0.2) is 131 Å². The molecule has 6 aromatic rings. The smallest absolute Gasteiger partial charge is 0.293 e. The lowest BCUT2D eigenvalue weighted by Gasteiger charge is -2.36. The highest BCUT2D eigenvalue weighted by Crippen LogP contribution is 2.33. The van der Waals surface area contributed by atoms with Gasteiger partial charge in [-0.1, -0.05) is 54.6 Å². The lowest BCUT2D eigenvalue weighted by Crippen LogP contribution is -2.46. The van der Waals surface area contributed by atoms with Crippen LogP contribution in [0.2, 0.25) is 0 Å². The van der Waals surface area contributed by atoms with Gasteiger partial charge in [0.25, 0.3) is 15.7 Å². The van der Waals surface area contributed by atoms with Crippen molar-refractivity contribution in [1.29, 1.82) is 0 Å². The number of nitrogens with zero attached hydrogens (tertiary/aromatic N) is 7. The number of rotatable bonds is 20. The van der Waals surface area contributed by atoms with Gasteiger partial charge >= 0.3 is 0 Å². The van der Waals surface area contributed by atoms with Gasteiger partial charge in [0.15, 0.2) is 5.82 Å². The first kappa shape index (κ1) is 48.2. The Morgan fingerprint density at radius 3 is 2.20 bits per heavy atom. The fraction of sp³-hybridized carbons (Fsp3) is 0.373. The van der Waals surface area contributed by atoms with E-state index in [9.17, 15) is 18.5 Å². The molecule has 3 aliphatic heterocycles. The maximum Gasteiger partial charge on any atom is 0.293 e. The van der Waals surface area contributed by atoms with Crippen LogP contribution >= 0.6 is 11.8 Å². The Morgan fingerprint density at radius 1 is 0.754 bits per heavy atom. The molecule has 0 saturated carbocycles. The van der Waals surface area contributed by atoms with Gasteiger partial charge in [0.1, 0.15) is 24.4 Å². The van der Waals surface area contributed by atoms with E-state index < -0.39 is 14.9 Å². The summed E-state index contributed by atoms with van der Waals surface area (Å²) >= 11 is 1.67. The fourth-order valence-electron chi connectivity index (χ4n) is 8.95. The molecule has 1 aromatic heterocycles. The van der Waals surface area contributed by atoms with Crippen molar-refractivity contribution in [3.05, 3.63) is 137 Å². The number of nitrogens with one attached hydrogen (secondary N) is 2. The SMILES string of the molecule is O=[N+]([O-])c1cc(S(=O)(=O)Nc2ncnc3cc(N4CCN(Cc5ccccc5-c5ccc(OCCN6CCOCC6)cc5)CC4)ccc23)ccc1NC(CCN1CCOCC1)CSc1ccccc1. The minimum absolute atomic E-state index is 0.0898. The van der Waals surface area contributed by atoms with Crippen LogP contribution in [0.1, 0.15) is 12.0 Å². The number of thioether (sulfide) groups is 1. The molecule has 9 rings (SSSR count). The number of benzene rings is 5. The number of hydrogen-bond donors (Lipinski definition) is 2. The molecule has 0 bridgehead atoms. The summed E-state index contributed by atoms with van der Waals surface area (Å²) in [4.78, 5) is 31.1. The van der Waals surface area contributed by atoms with Crippen molar-refractivity contribution in [3.8, 4) is 16.9 Å². The number of ether oxygens (including phenoxy) is 3. The van der Waals surface area contributed by atoms with Gasteiger partial charge in [-0.15, -0.1) is 11.8 Å². The molecule has 18 heteroatoms. The lowest BCUT2D eigenvalue weighted by molar-refractivity contribution is -0.384. The zero-order valence-corrected chi connectivity index (χ0v) is 40.3. The molecule has 69 heavy (non-hydrogen) atoms. The zero-order chi connectivity index (χ0) is 47.4. The molecule has 16 nitrogen and oxygen atoms in total. The van der Waals surface area contributed by atoms with Crippen LogP contribution in [0.3, 0.4) is 0 Å².